The number of allylic oxidation sites excluding steroid dienone is 1. The molecule has 2 atom stereocenters. The lowest BCUT2D eigenvalue weighted by atomic mass is 9.78. The van der Waals surface area contributed by atoms with Crippen molar-refractivity contribution < 1.29 is 23.9 Å². The Morgan fingerprint density at radius 1 is 1.24 bits per heavy atom. The SMILES string of the molecule is CCOc1c(Cl)cc([C@@H]2C(C#N)=C(SCC(=O)Nc3ccc(Br)cc3C)NC(=O)[C@@H]2C(=O)OC)cc1Cl. The van der Waals surface area contributed by atoms with Gasteiger partial charge in [-0.2, -0.15) is 5.26 Å². The van der Waals surface area contributed by atoms with Crippen molar-refractivity contribution in [3.05, 3.63) is 66.6 Å². The first-order chi connectivity index (χ1) is 17.6. The number of nitrogens with one attached hydrogen (secondary N) is 2. The lowest BCUT2D eigenvalue weighted by Gasteiger charge is -2.31. The molecule has 1 aliphatic heterocycles. The number of methoxy groups -OCH3 is 1. The Balaban J connectivity index is 1.97. The summed E-state index contributed by atoms with van der Waals surface area (Å²) in [5, 5.41) is 15.9. The summed E-state index contributed by atoms with van der Waals surface area (Å²) in [6, 6.07) is 10.5. The van der Waals surface area contributed by atoms with Crippen LogP contribution in [-0.4, -0.2) is 37.3 Å². The van der Waals surface area contributed by atoms with E-state index in [1.807, 2.05) is 13.0 Å². The lowest BCUT2D eigenvalue weighted by molar-refractivity contribution is -0.150. The molecule has 2 N–H and O–H groups in total. The molecule has 3 rings (SSSR count). The number of rotatable bonds is 8. The molecule has 0 saturated carbocycles. The van der Waals surface area contributed by atoms with E-state index in [1.54, 1.807) is 19.1 Å². The van der Waals surface area contributed by atoms with Crippen molar-refractivity contribution in [1.29, 1.82) is 5.26 Å². The zero-order valence-corrected chi connectivity index (χ0v) is 23.9. The van der Waals surface area contributed by atoms with E-state index in [4.69, 9.17) is 32.7 Å². The number of aryl methyl sites for hydroxylation is 1. The van der Waals surface area contributed by atoms with Crippen LogP contribution in [0, 0.1) is 24.2 Å². The highest BCUT2D eigenvalue weighted by atomic mass is 79.9. The van der Waals surface area contributed by atoms with E-state index in [2.05, 4.69) is 32.6 Å². The summed E-state index contributed by atoms with van der Waals surface area (Å²) in [4.78, 5) is 38.3. The number of carbonyl (C=O) groups excluding carboxylic acids is 3. The summed E-state index contributed by atoms with van der Waals surface area (Å²) in [6.45, 7) is 3.95. The quantitative estimate of drug-likeness (QED) is 0.290. The number of carbonyl (C=O) groups is 3. The Labute approximate surface area is 236 Å². The van der Waals surface area contributed by atoms with Crippen LogP contribution in [0.3, 0.4) is 0 Å². The van der Waals surface area contributed by atoms with Crippen LogP contribution in [0.2, 0.25) is 10.0 Å². The highest BCUT2D eigenvalue weighted by Crippen LogP contribution is 2.44. The second-order valence-electron chi connectivity index (χ2n) is 7.87. The molecule has 0 aliphatic carbocycles. The van der Waals surface area contributed by atoms with Crippen molar-refractivity contribution in [2.75, 3.05) is 24.8 Å². The van der Waals surface area contributed by atoms with E-state index < -0.39 is 23.7 Å². The van der Waals surface area contributed by atoms with E-state index in [9.17, 15) is 19.6 Å². The summed E-state index contributed by atoms with van der Waals surface area (Å²) >= 11 is 17.1. The molecule has 37 heavy (non-hydrogen) atoms. The Morgan fingerprint density at radius 2 is 1.92 bits per heavy atom. The van der Waals surface area contributed by atoms with E-state index in [-0.39, 0.29) is 38.1 Å². The number of anilines is 1. The Hall–Kier alpha value is -2.71. The number of esters is 1. The molecule has 2 amide bonds. The minimum absolute atomic E-state index is 0.0731. The molecule has 0 aromatic heterocycles. The first kappa shape index (κ1) is 28.9. The van der Waals surface area contributed by atoms with Gasteiger partial charge in [-0.3, -0.25) is 14.4 Å². The van der Waals surface area contributed by atoms with Gasteiger partial charge in [0, 0.05) is 16.1 Å². The molecule has 2 aromatic rings. The zero-order chi connectivity index (χ0) is 27.3. The molecule has 0 bridgehead atoms. The lowest BCUT2D eigenvalue weighted by Crippen LogP contribution is -2.44. The van der Waals surface area contributed by atoms with Gasteiger partial charge in [0.2, 0.25) is 11.8 Å². The second kappa shape index (κ2) is 12.7. The van der Waals surface area contributed by atoms with Crippen LogP contribution in [0.25, 0.3) is 0 Å². The highest BCUT2D eigenvalue weighted by Gasteiger charge is 2.44. The smallest absolute Gasteiger partial charge is 0.319 e. The van der Waals surface area contributed by atoms with Gasteiger partial charge >= 0.3 is 5.97 Å². The van der Waals surface area contributed by atoms with Crippen LogP contribution >= 0.6 is 50.9 Å². The molecule has 0 unspecified atom stereocenters. The van der Waals surface area contributed by atoms with Gasteiger partial charge in [0.15, 0.2) is 5.75 Å². The summed E-state index contributed by atoms with van der Waals surface area (Å²) in [7, 11) is 1.15. The average molecular weight is 627 g/mol. The predicted octanol–water partition coefficient (Wildman–Crippen LogP) is 5.57. The van der Waals surface area contributed by atoms with Crippen molar-refractivity contribution in [1.82, 2.24) is 5.32 Å². The number of nitriles is 1. The van der Waals surface area contributed by atoms with Gasteiger partial charge in [0.1, 0.15) is 5.92 Å². The Kier molecular flexibility index (Phi) is 9.90. The van der Waals surface area contributed by atoms with E-state index >= 15 is 0 Å². The molecule has 0 spiro atoms. The summed E-state index contributed by atoms with van der Waals surface area (Å²) in [6.07, 6.45) is 0. The normalized spacial score (nSPS) is 17.1. The standard InChI is InChI=1S/C25H22BrCl2N3O5S/c1-4-36-22-16(27)8-13(9-17(22)28)20-15(10-29)24(31-23(33)21(20)25(34)35-3)37-11-19(32)30-18-6-5-14(26)7-12(18)2/h5-9,20-21H,4,11H2,1-3H3,(H,30,32)(H,31,33)/t20-,21-/m1/s1. The van der Waals surface area contributed by atoms with Crippen LogP contribution in [0.4, 0.5) is 5.69 Å². The number of benzene rings is 2. The number of nitrogens with zero attached hydrogens (tertiary/aromatic N) is 1. The minimum Gasteiger partial charge on any atom is -0.491 e. The highest BCUT2D eigenvalue weighted by molar-refractivity contribution is 9.10. The van der Waals surface area contributed by atoms with Crippen LogP contribution in [0.15, 0.2) is 45.4 Å². The van der Waals surface area contributed by atoms with E-state index in [0.29, 0.717) is 17.9 Å². The third-order valence-electron chi connectivity index (χ3n) is 5.46. The monoisotopic (exact) mass is 625 g/mol. The third kappa shape index (κ3) is 6.60. The van der Waals surface area contributed by atoms with Gasteiger partial charge in [-0.25, -0.2) is 0 Å². The fraction of sp³-hybridized carbons (Fsp3) is 0.280. The third-order valence-corrected chi connectivity index (χ3v) is 7.53. The van der Waals surface area contributed by atoms with Gasteiger partial charge in [0.05, 0.1) is 46.2 Å². The second-order valence-corrected chi connectivity index (χ2v) is 10.6. The summed E-state index contributed by atoms with van der Waals surface area (Å²) in [5.74, 6) is -4.11. The van der Waals surface area contributed by atoms with Crippen molar-refractivity contribution in [2.24, 2.45) is 5.92 Å². The summed E-state index contributed by atoms with van der Waals surface area (Å²) < 4.78 is 11.2. The molecule has 194 valence electrons. The van der Waals surface area contributed by atoms with Crippen LogP contribution in [-0.2, 0) is 19.1 Å². The van der Waals surface area contributed by atoms with Crippen molar-refractivity contribution in [3.63, 3.8) is 0 Å². The molecule has 12 heteroatoms. The molecule has 0 radical (unpaired) electrons. The van der Waals surface area contributed by atoms with Gasteiger partial charge in [0.25, 0.3) is 0 Å². The molecule has 0 saturated heterocycles. The van der Waals surface area contributed by atoms with E-state index in [0.717, 1.165) is 28.9 Å². The van der Waals surface area contributed by atoms with Crippen molar-refractivity contribution in [2.45, 2.75) is 19.8 Å². The molecule has 8 nitrogen and oxygen atoms in total. The van der Waals surface area contributed by atoms with Gasteiger partial charge in [-0.05, 0) is 55.3 Å². The fourth-order valence-corrected chi connectivity index (χ4v) is 5.75. The van der Waals surface area contributed by atoms with Crippen LogP contribution in [0.1, 0.15) is 24.0 Å². The maximum absolute atomic E-state index is 13.0. The number of ether oxygens (including phenoxy) is 2. The minimum atomic E-state index is -1.37. The molecular weight excluding hydrogens is 605 g/mol. The maximum Gasteiger partial charge on any atom is 0.319 e. The van der Waals surface area contributed by atoms with E-state index in [1.165, 1.54) is 12.1 Å². The first-order valence-electron chi connectivity index (χ1n) is 10.9. The van der Waals surface area contributed by atoms with Gasteiger partial charge in [-0.15, -0.1) is 0 Å². The number of amides is 2. The number of hydrogen-bond donors (Lipinski definition) is 2. The molecular formula is C25H22BrCl2N3O5S. The van der Waals surface area contributed by atoms with Gasteiger partial charge < -0.3 is 20.1 Å². The van der Waals surface area contributed by atoms with Crippen LogP contribution in [0.5, 0.6) is 5.75 Å². The van der Waals surface area contributed by atoms with Crippen molar-refractivity contribution in [3.8, 4) is 11.8 Å². The Morgan fingerprint density at radius 3 is 2.49 bits per heavy atom. The molecule has 1 heterocycles. The average Bonchev–Trinajstić information content (AvgIpc) is 2.85. The first-order valence-corrected chi connectivity index (χ1v) is 13.5. The molecule has 2 aromatic carbocycles. The fourth-order valence-electron chi connectivity index (χ4n) is 3.81. The molecule has 1 aliphatic rings. The Bertz CT molecular complexity index is 1300. The zero-order valence-electron chi connectivity index (χ0n) is 20.0. The van der Waals surface area contributed by atoms with Crippen LogP contribution < -0.4 is 15.4 Å². The van der Waals surface area contributed by atoms with Gasteiger partial charge in [-0.1, -0.05) is 50.9 Å². The number of hydrogen-bond acceptors (Lipinski definition) is 7. The summed E-state index contributed by atoms with van der Waals surface area (Å²) in [5.41, 5.74) is 1.93. The maximum atomic E-state index is 13.0. The number of thioether (sulfide) groups is 1. The topological polar surface area (TPSA) is 118 Å². The predicted molar refractivity (Wildman–Crippen MR) is 147 cm³/mol. The number of halogens is 3. The molecule has 0 fully saturated rings. The largest absolute Gasteiger partial charge is 0.491 e. The van der Waals surface area contributed by atoms with Crippen molar-refractivity contribution >= 4 is 74.4 Å².